The van der Waals surface area contributed by atoms with Gasteiger partial charge in [-0.05, 0) is 36.4 Å². The van der Waals surface area contributed by atoms with E-state index in [0.717, 1.165) is 0 Å². The van der Waals surface area contributed by atoms with Crippen molar-refractivity contribution in [3.05, 3.63) is 56.9 Å². The number of carbonyl (C=O) groups is 2. The van der Waals surface area contributed by atoms with Crippen LogP contribution in [0.5, 0.6) is 5.75 Å². The quantitative estimate of drug-likeness (QED) is 0.494. The van der Waals surface area contributed by atoms with Crippen LogP contribution >= 0.6 is 15.9 Å². The Hall–Kier alpha value is -3.07. The van der Waals surface area contributed by atoms with Crippen molar-refractivity contribution in [1.82, 2.24) is 9.97 Å². The third-order valence-electron chi connectivity index (χ3n) is 3.31. The number of ether oxygens (including phenoxy) is 1. The fourth-order valence-electron chi connectivity index (χ4n) is 2.19. The summed E-state index contributed by atoms with van der Waals surface area (Å²) in [5.41, 5.74) is 1.20. The number of fused-ring (bicyclic) bond motifs is 1. The number of aromatic nitrogens is 2. The van der Waals surface area contributed by atoms with Crippen LogP contribution in [0.3, 0.4) is 0 Å². The number of phenols is 1. The average Bonchev–Trinajstić information content (AvgIpc) is 2.94. The number of benzene rings is 2. The Morgan fingerprint density at radius 3 is 2.68 bits per heavy atom. The summed E-state index contributed by atoms with van der Waals surface area (Å²) in [5.74, 6) is -1.62. The molecule has 0 saturated heterocycles. The Labute approximate surface area is 149 Å². The van der Waals surface area contributed by atoms with Crippen molar-refractivity contribution in [2.24, 2.45) is 0 Å². The lowest BCUT2D eigenvalue weighted by molar-refractivity contribution is -0.119. The van der Waals surface area contributed by atoms with Gasteiger partial charge in [0.2, 0.25) is 0 Å². The minimum absolute atomic E-state index is 0.0477. The molecule has 0 saturated carbocycles. The molecule has 0 spiro atoms. The highest BCUT2D eigenvalue weighted by Gasteiger charge is 2.15. The predicted molar refractivity (Wildman–Crippen MR) is 93.6 cm³/mol. The van der Waals surface area contributed by atoms with Crippen molar-refractivity contribution < 1.29 is 19.4 Å². The molecule has 4 N–H and O–H groups in total. The van der Waals surface area contributed by atoms with Crippen LogP contribution in [-0.4, -0.2) is 33.6 Å². The summed E-state index contributed by atoms with van der Waals surface area (Å²) in [6, 6.07) is 9.12. The second-order valence-corrected chi connectivity index (χ2v) is 6.04. The number of rotatable bonds is 4. The molecule has 0 unspecified atom stereocenters. The van der Waals surface area contributed by atoms with E-state index in [4.69, 9.17) is 4.74 Å². The van der Waals surface area contributed by atoms with Crippen molar-refractivity contribution in [3.63, 3.8) is 0 Å². The Kier molecular flexibility index (Phi) is 4.57. The molecule has 9 heteroatoms. The number of esters is 1. The van der Waals surface area contributed by atoms with Crippen LogP contribution in [-0.2, 0) is 9.53 Å². The number of H-pyrrole nitrogens is 2. The van der Waals surface area contributed by atoms with Crippen LogP contribution in [0.4, 0.5) is 5.69 Å². The van der Waals surface area contributed by atoms with Crippen molar-refractivity contribution in [2.75, 3.05) is 11.9 Å². The molecule has 0 radical (unpaired) electrons. The van der Waals surface area contributed by atoms with E-state index in [1.807, 2.05) is 0 Å². The van der Waals surface area contributed by atoms with E-state index in [-0.39, 0.29) is 17.0 Å². The van der Waals surface area contributed by atoms with E-state index in [9.17, 15) is 19.5 Å². The molecule has 0 atom stereocenters. The Balaban J connectivity index is 1.62. The number of phenolic OH excluding ortho intramolecular Hbond substituents is 1. The molecule has 0 aliphatic heterocycles. The lowest BCUT2D eigenvalue weighted by Crippen LogP contribution is -2.21. The fraction of sp³-hybridized carbons (Fsp3) is 0.0625. The fourth-order valence-corrected chi connectivity index (χ4v) is 2.55. The van der Waals surface area contributed by atoms with Gasteiger partial charge in [0, 0.05) is 10.2 Å². The molecular formula is C16H12BrN3O5. The molecular weight excluding hydrogens is 394 g/mol. The number of hydrogen-bond donors (Lipinski definition) is 4. The van der Waals surface area contributed by atoms with E-state index in [1.54, 1.807) is 24.3 Å². The summed E-state index contributed by atoms with van der Waals surface area (Å²) >= 11 is 3.18. The molecule has 3 aromatic rings. The monoisotopic (exact) mass is 405 g/mol. The molecule has 25 heavy (non-hydrogen) atoms. The number of hydrogen-bond acceptors (Lipinski definition) is 5. The number of nitrogens with one attached hydrogen (secondary N) is 3. The first kappa shape index (κ1) is 16.8. The lowest BCUT2D eigenvalue weighted by Gasteiger charge is -2.08. The average molecular weight is 406 g/mol. The number of anilines is 1. The van der Waals surface area contributed by atoms with Gasteiger partial charge in [-0.15, -0.1) is 0 Å². The van der Waals surface area contributed by atoms with Crippen LogP contribution in [0, 0.1) is 0 Å². The molecule has 0 bridgehead atoms. The highest BCUT2D eigenvalue weighted by Crippen LogP contribution is 2.22. The Bertz CT molecular complexity index is 1020. The van der Waals surface area contributed by atoms with Gasteiger partial charge in [0.1, 0.15) is 11.3 Å². The number of halogens is 1. The molecule has 2 aromatic carbocycles. The summed E-state index contributed by atoms with van der Waals surface area (Å²) in [7, 11) is 0. The van der Waals surface area contributed by atoms with E-state index >= 15 is 0 Å². The molecule has 0 fully saturated rings. The third kappa shape index (κ3) is 3.89. The minimum atomic E-state index is -0.820. The highest BCUT2D eigenvalue weighted by molar-refractivity contribution is 9.10. The molecule has 0 aliphatic rings. The molecule has 0 aliphatic carbocycles. The van der Waals surface area contributed by atoms with Gasteiger partial charge in [0.25, 0.3) is 5.91 Å². The standard InChI is InChI=1S/C16H12BrN3O5/c17-8-1-4-13(21)10(5-8)15(23)25-7-14(22)18-9-2-3-11-12(6-9)20-16(24)19-11/h1-6,21H,7H2,(H,18,22)(H2,19,20,24). The molecule has 1 heterocycles. The molecule has 1 amide bonds. The van der Waals surface area contributed by atoms with Gasteiger partial charge in [0.05, 0.1) is 11.0 Å². The SMILES string of the molecule is O=C(COC(=O)c1cc(Br)ccc1O)Nc1ccc2[nH]c(=O)[nH]c2c1. The molecule has 1 aromatic heterocycles. The second-order valence-electron chi connectivity index (χ2n) is 5.13. The highest BCUT2D eigenvalue weighted by atomic mass is 79.9. The third-order valence-corrected chi connectivity index (χ3v) is 3.81. The number of imidazole rings is 1. The maximum Gasteiger partial charge on any atom is 0.342 e. The van der Waals surface area contributed by atoms with Crippen molar-refractivity contribution >= 4 is 44.5 Å². The van der Waals surface area contributed by atoms with Crippen molar-refractivity contribution in [2.45, 2.75) is 0 Å². The summed E-state index contributed by atoms with van der Waals surface area (Å²) in [4.78, 5) is 40.2. The number of amides is 1. The largest absolute Gasteiger partial charge is 0.507 e. The van der Waals surface area contributed by atoms with Gasteiger partial charge >= 0.3 is 11.7 Å². The number of aromatic amines is 2. The summed E-state index contributed by atoms with van der Waals surface area (Å²) < 4.78 is 5.49. The van der Waals surface area contributed by atoms with Gasteiger partial charge in [-0.3, -0.25) is 4.79 Å². The smallest absolute Gasteiger partial charge is 0.342 e. The van der Waals surface area contributed by atoms with E-state index in [2.05, 4.69) is 31.2 Å². The topological polar surface area (TPSA) is 124 Å². The Morgan fingerprint density at radius 1 is 1.12 bits per heavy atom. The first-order valence-corrected chi connectivity index (χ1v) is 7.89. The van der Waals surface area contributed by atoms with Crippen LogP contribution in [0.1, 0.15) is 10.4 Å². The number of aromatic hydroxyl groups is 1. The first-order chi connectivity index (χ1) is 11.9. The van der Waals surface area contributed by atoms with Gasteiger partial charge in [-0.1, -0.05) is 15.9 Å². The zero-order chi connectivity index (χ0) is 18.0. The maximum atomic E-state index is 11.9. The molecule has 128 valence electrons. The van der Waals surface area contributed by atoms with Crippen molar-refractivity contribution in [3.8, 4) is 5.75 Å². The van der Waals surface area contributed by atoms with Gasteiger partial charge in [-0.25, -0.2) is 9.59 Å². The maximum absolute atomic E-state index is 11.9. The van der Waals surface area contributed by atoms with Crippen LogP contribution in [0.2, 0.25) is 0 Å². The Morgan fingerprint density at radius 2 is 1.88 bits per heavy atom. The van der Waals surface area contributed by atoms with Crippen molar-refractivity contribution in [1.29, 1.82) is 0 Å². The lowest BCUT2D eigenvalue weighted by atomic mass is 10.2. The predicted octanol–water partition coefficient (Wildman–Crippen LogP) is 2.12. The second kappa shape index (κ2) is 6.81. The van der Waals surface area contributed by atoms with Gasteiger partial charge < -0.3 is 25.1 Å². The minimum Gasteiger partial charge on any atom is -0.507 e. The summed E-state index contributed by atoms with van der Waals surface area (Å²) in [5, 5.41) is 12.2. The van der Waals surface area contributed by atoms with Gasteiger partial charge in [-0.2, -0.15) is 0 Å². The first-order valence-electron chi connectivity index (χ1n) is 7.10. The molecule has 3 rings (SSSR count). The zero-order valence-electron chi connectivity index (χ0n) is 12.6. The summed E-state index contributed by atoms with van der Waals surface area (Å²) in [6.45, 7) is -0.521. The van der Waals surface area contributed by atoms with Crippen LogP contribution in [0.15, 0.2) is 45.7 Å². The van der Waals surface area contributed by atoms with E-state index in [1.165, 1.54) is 12.1 Å². The number of carbonyl (C=O) groups excluding carboxylic acids is 2. The molecule has 8 nitrogen and oxygen atoms in total. The van der Waals surface area contributed by atoms with Gasteiger partial charge in [0.15, 0.2) is 6.61 Å². The summed E-state index contributed by atoms with van der Waals surface area (Å²) in [6.07, 6.45) is 0. The zero-order valence-corrected chi connectivity index (χ0v) is 14.2. The van der Waals surface area contributed by atoms with E-state index < -0.39 is 18.5 Å². The van der Waals surface area contributed by atoms with E-state index in [0.29, 0.717) is 21.2 Å². The van der Waals surface area contributed by atoms with Crippen LogP contribution in [0.25, 0.3) is 11.0 Å². The van der Waals surface area contributed by atoms with Crippen LogP contribution < -0.4 is 11.0 Å². The normalized spacial score (nSPS) is 10.6.